The van der Waals surface area contributed by atoms with Crippen molar-refractivity contribution in [3.05, 3.63) is 10.6 Å². The van der Waals surface area contributed by atoms with Crippen LogP contribution in [0.5, 0.6) is 0 Å². The summed E-state index contributed by atoms with van der Waals surface area (Å²) in [4.78, 5) is 8.66. The van der Waals surface area contributed by atoms with Crippen LogP contribution in [0.25, 0.3) is 0 Å². The molecule has 18 heavy (non-hydrogen) atoms. The van der Waals surface area contributed by atoms with Gasteiger partial charge in [-0.25, -0.2) is 4.98 Å². The van der Waals surface area contributed by atoms with Gasteiger partial charge in [0.25, 0.3) is 0 Å². The van der Waals surface area contributed by atoms with Gasteiger partial charge >= 0.3 is 0 Å². The molecule has 0 radical (unpaired) electrons. The fourth-order valence-electron chi connectivity index (χ4n) is 2.24. The van der Waals surface area contributed by atoms with Crippen molar-refractivity contribution in [3.8, 4) is 0 Å². The largest absolute Gasteiger partial charge is 0.347 e. The van der Waals surface area contributed by atoms with Crippen LogP contribution in [0.15, 0.2) is 0 Å². The molecule has 0 spiro atoms. The van der Waals surface area contributed by atoms with Crippen LogP contribution in [-0.4, -0.2) is 36.6 Å². The van der Waals surface area contributed by atoms with Gasteiger partial charge in [-0.05, 0) is 25.6 Å². The Morgan fingerprint density at radius 1 is 1.50 bits per heavy atom. The van der Waals surface area contributed by atoms with Gasteiger partial charge in [-0.1, -0.05) is 13.3 Å². The maximum atomic E-state index is 4.86. The first kappa shape index (κ1) is 14.2. The highest BCUT2D eigenvalue weighted by Crippen LogP contribution is 2.31. The van der Waals surface area contributed by atoms with Gasteiger partial charge in [0.05, 0.1) is 5.69 Å². The van der Waals surface area contributed by atoms with E-state index in [1.54, 1.807) is 0 Å². The van der Waals surface area contributed by atoms with Crippen LogP contribution in [0.2, 0.25) is 0 Å². The number of rotatable bonds is 6. The summed E-state index contributed by atoms with van der Waals surface area (Å²) in [5, 5.41) is 4.46. The van der Waals surface area contributed by atoms with E-state index in [-0.39, 0.29) is 0 Å². The third-order valence-electron chi connectivity index (χ3n) is 3.35. The lowest BCUT2D eigenvalue weighted by atomic mass is 10.2. The van der Waals surface area contributed by atoms with Gasteiger partial charge in [-0.3, -0.25) is 0 Å². The van der Waals surface area contributed by atoms with Gasteiger partial charge < -0.3 is 10.2 Å². The van der Waals surface area contributed by atoms with Crippen molar-refractivity contribution in [2.45, 2.75) is 38.8 Å². The van der Waals surface area contributed by atoms with Gasteiger partial charge in [0.15, 0.2) is 5.13 Å². The lowest BCUT2D eigenvalue weighted by Crippen LogP contribution is -2.31. The Labute approximate surface area is 118 Å². The number of hydrogen-bond acceptors (Lipinski definition) is 5. The SMILES string of the molecule is CCCc1nc(N(C)C2CCSC2)sc1CNC. The number of nitrogens with zero attached hydrogens (tertiary/aromatic N) is 2. The molecule has 1 unspecified atom stereocenters. The highest BCUT2D eigenvalue weighted by Gasteiger charge is 2.23. The summed E-state index contributed by atoms with van der Waals surface area (Å²) in [6.07, 6.45) is 3.56. The lowest BCUT2D eigenvalue weighted by Gasteiger charge is -2.22. The highest BCUT2D eigenvalue weighted by molar-refractivity contribution is 7.99. The van der Waals surface area contributed by atoms with E-state index >= 15 is 0 Å². The first-order valence-corrected chi connectivity index (χ1v) is 8.67. The van der Waals surface area contributed by atoms with Crippen LogP contribution in [0.4, 0.5) is 5.13 Å². The van der Waals surface area contributed by atoms with Crippen molar-refractivity contribution in [1.29, 1.82) is 0 Å². The first-order chi connectivity index (χ1) is 8.76. The van der Waals surface area contributed by atoms with E-state index in [4.69, 9.17) is 4.98 Å². The van der Waals surface area contributed by atoms with Crippen LogP contribution < -0.4 is 10.2 Å². The van der Waals surface area contributed by atoms with E-state index < -0.39 is 0 Å². The minimum atomic E-state index is 0.679. The summed E-state index contributed by atoms with van der Waals surface area (Å²) in [7, 11) is 4.21. The topological polar surface area (TPSA) is 28.2 Å². The Morgan fingerprint density at radius 2 is 2.33 bits per heavy atom. The number of nitrogens with one attached hydrogen (secondary N) is 1. The first-order valence-electron chi connectivity index (χ1n) is 6.70. The van der Waals surface area contributed by atoms with Crippen LogP contribution in [0.3, 0.4) is 0 Å². The average molecular weight is 285 g/mol. The Morgan fingerprint density at radius 3 is 2.94 bits per heavy atom. The number of aromatic nitrogens is 1. The molecular formula is C13H23N3S2. The quantitative estimate of drug-likeness (QED) is 0.870. The number of thioether (sulfide) groups is 1. The molecule has 1 fully saturated rings. The Kier molecular flexibility index (Phi) is 5.33. The molecule has 0 aromatic carbocycles. The minimum absolute atomic E-state index is 0.679. The molecule has 0 saturated carbocycles. The van der Waals surface area contributed by atoms with Crippen molar-refractivity contribution in [1.82, 2.24) is 10.3 Å². The second-order valence-corrected chi connectivity index (χ2v) is 6.99. The molecule has 1 N–H and O–H groups in total. The van der Waals surface area contributed by atoms with Crippen molar-refractivity contribution >= 4 is 28.2 Å². The molecular weight excluding hydrogens is 262 g/mol. The molecule has 0 aliphatic carbocycles. The van der Waals surface area contributed by atoms with Crippen molar-refractivity contribution < 1.29 is 0 Å². The van der Waals surface area contributed by atoms with Crippen LogP contribution >= 0.6 is 23.1 Å². The third kappa shape index (κ3) is 3.19. The van der Waals surface area contributed by atoms with Crippen molar-refractivity contribution in [2.24, 2.45) is 0 Å². The zero-order chi connectivity index (χ0) is 13.0. The monoisotopic (exact) mass is 285 g/mol. The molecule has 3 nitrogen and oxygen atoms in total. The molecule has 2 rings (SSSR count). The molecule has 1 atom stereocenters. The standard InChI is InChI=1S/C13H23N3S2/c1-4-5-11-12(8-14-2)18-13(15-11)16(3)10-6-7-17-9-10/h10,14H,4-9H2,1-3H3. The van der Waals surface area contributed by atoms with Crippen molar-refractivity contribution in [2.75, 3.05) is 30.5 Å². The number of aryl methyl sites for hydroxylation is 1. The average Bonchev–Trinajstić information content (AvgIpc) is 2.99. The van der Waals surface area contributed by atoms with E-state index in [1.165, 1.54) is 40.0 Å². The Bertz CT molecular complexity index is 349. The van der Waals surface area contributed by atoms with Crippen LogP contribution in [0, 0.1) is 0 Å². The van der Waals surface area contributed by atoms with E-state index in [9.17, 15) is 0 Å². The van der Waals surface area contributed by atoms with Gasteiger partial charge in [-0.2, -0.15) is 11.8 Å². The third-order valence-corrected chi connectivity index (χ3v) is 5.68. The van der Waals surface area contributed by atoms with E-state index in [0.29, 0.717) is 6.04 Å². The second kappa shape index (κ2) is 6.78. The normalized spacial score (nSPS) is 19.4. The Hall–Kier alpha value is -0.260. The maximum absolute atomic E-state index is 4.86. The molecule has 2 heterocycles. The van der Waals surface area contributed by atoms with E-state index in [1.807, 2.05) is 18.4 Å². The molecule has 5 heteroatoms. The smallest absolute Gasteiger partial charge is 0.185 e. The summed E-state index contributed by atoms with van der Waals surface area (Å²) in [5.74, 6) is 2.55. The number of thiazole rings is 1. The van der Waals surface area contributed by atoms with Gasteiger partial charge in [-0.15, -0.1) is 11.3 Å². The lowest BCUT2D eigenvalue weighted by molar-refractivity contribution is 0.695. The van der Waals surface area contributed by atoms with Crippen LogP contribution in [0.1, 0.15) is 30.3 Å². The predicted molar refractivity (Wildman–Crippen MR) is 83.0 cm³/mol. The maximum Gasteiger partial charge on any atom is 0.185 e. The van der Waals surface area contributed by atoms with Gasteiger partial charge in [0.2, 0.25) is 0 Å². The molecule has 1 saturated heterocycles. The Balaban J connectivity index is 2.13. The summed E-state index contributed by atoms with van der Waals surface area (Å²) >= 11 is 3.92. The van der Waals surface area contributed by atoms with Gasteiger partial charge in [0, 0.05) is 30.3 Å². The molecule has 1 aromatic heterocycles. The molecule has 1 aliphatic rings. The second-order valence-electron chi connectivity index (χ2n) is 4.77. The summed E-state index contributed by atoms with van der Waals surface area (Å²) < 4.78 is 0. The molecule has 1 aromatic rings. The van der Waals surface area contributed by atoms with Gasteiger partial charge in [0.1, 0.15) is 0 Å². The molecule has 1 aliphatic heterocycles. The summed E-state index contributed by atoms with van der Waals surface area (Å²) in [5.41, 5.74) is 1.30. The number of hydrogen-bond donors (Lipinski definition) is 1. The zero-order valence-electron chi connectivity index (χ0n) is 11.5. The number of anilines is 1. The molecule has 0 amide bonds. The zero-order valence-corrected chi connectivity index (χ0v) is 13.2. The molecule has 0 bridgehead atoms. The van der Waals surface area contributed by atoms with Crippen molar-refractivity contribution in [3.63, 3.8) is 0 Å². The predicted octanol–water partition coefficient (Wildman–Crippen LogP) is 2.76. The van der Waals surface area contributed by atoms with E-state index in [2.05, 4.69) is 35.9 Å². The summed E-state index contributed by atoms with van der Waals surface area (Å²) in [6.45, 7) is 3.17. The van der Waals surface area contributed by atoms with Crippen LogP contribution in [-0.2, 0) is 13.0 Å². The minimum Gasteiger partial charge on any atom is -0.347 e. The molecule has 102 valence electrons. The van der Waals surface area contributed by atoms with E-state index in [0.717, 1.165) is 13.0 Å². The fraction of sp³-hybridized carbons (Fsp3) is 0.769. The fourth-order valence-corrected chi connectivity index (χ4v) is 4.65. The summed E-state index contributed by atoms with van der Waals surface area (Å²) in [6, 6.07) is 0.679. The highest BCUT2D eigenvalue weighted by atomic mass is 32.2.